The van der Waals surface area contributed by atoms with Crippen molar-refractivity contribution in [2.75, 3.05) is 6.79 Å². The van der Waals surface area contributed by atoms with E-state index in [0.717, 1.165) is 12.1 Å². The summed E-state index contributed by atoms with van der Waals surface area (Å²) in [5.74, 6) is -0.00248. The molecule has 0 aliphatic rings. The Balaban J connectivity index is 2.92. The summed E-state index contributed by atoms with van der Waals surface area (Å²) >= 11 is 0. The third-order valence-corrected chi connectivity index (χ3v) is 1.39. The number of hydrogen-bond acceptors (Lipinski definition) is 2. The van der Waals surface area contributed by atoms with Crippen molar-refractivity contribution in [3.63, 3.8) is 0 Å². The van der Waals surface area contributed by atoms with Gasteiger partial charge in [-0.2, -0.15) is 13.2 Å². The van der Waals surface area contributed by atoms with Gasteiger partial charge in [-0.25, -0.2) is 0 Å². The van der Waals surface area contributed by atoms with Gasteiger partial charge < -0.3 is 9.84 Å². The molecule has 0 aliphatic carbocycles. The molecule has 1 N–H and O–H groups in total. The Hall–Kier alpha value is -1.23. The van der Waals surface area contributed by atoms with Gasteiger partial charge in [0.2, 0.25) is 0 Å². The van der Waals surface area contributed by atoms with E-state index in [-0.39, 0.29) is 5.75 Å². The van der Waals surface area contributed by atoms with Gasteiger partial charge in [0.05, 0.1) is 5.56 Å². The third-order valence-electron chi connectivity index (χ3n) is 1.39. The molecule has 0 radical (unpaired) electrons. The number of halogens is 3. The highest BCUT2D eigenvalue weighted by Gasteiger charge is 2.30. The molecule has 0 aromatic heterocycles. The molecule has 13 heavy (non-hydrogen) atoms. The van der Waals surface area contributed by atoms with Gasteiger partial charge in [-0.1, -0.05) is 6.07 Å². The van der Waals surface area contributed by atoms with E-state index in [4.69, 9.17) is 5.11 Å². The molecule has 1 rings (SSSR count). The van der Waals surface area contributed by atoms with Crippen molar-refractivity contribution in [2.24, 2.45) is 0 Å². The standard InChI is InChI=1S/C8H7F3O2/c9-8(10,11)6-2-1-3-7(4-6)13-5-12/h1-4,12H,5H2. The summed E-state index contributed by atoms with van der Waals surface area (Å²) in [6.07, 6.45) is -4.38. The van der Waals surface area contributed by atoms with Crippen LogP contribution >= 0.6 is 0 Å². The van der Waals surface area contributed by atoms with Gasteiger partial charge in [0.1, 0.15) is 5.75 Å². The van der Waals surface area contributed by atoms with Crippen molar-refractivity contribution in [1.82, 2.24) is 0 Å². The topological polar surface area (TPSA) is 29.5 Å². The Morgan fingerprint density at radius 3 is 2.54 bits per heavy atom. The summed E-state index contributed by atoms with van der Waals surface area (Å²) in [5, 5.41) is 8.31. The normalized spacial score (nSPS) is 11.4. The van der Waals surface area contributed by atoms with Crippen molar-refractivity contribution in [3.8, 4) is 5.75 Å². The summed E-state index contributed by atoms with van der Waals surface area (Å²) in [6, 6.07) is 4.32. The van der Waals surface area contributed by atoms with E-state index in [9.17, 15) is 13.2 Å². The highest BCUT2D eigenvalue weighted by molar-refractivity contribution is 5.30. The minimum Gasteiger partial charge on any atom is -0.468 e. The Morgan fingerprint density at radius 1 is 1.31 bits per heavy atom. The molecule has 5 heteroatoms. The molecule has 0 atom stereocenters. The first kappa shape index (κ1) is 9.85. The van der Waals surface area contributed by atoms with Crippen LogP contribution in [0.2, 0.25) is 0 Å². The molecule has 0 unspecified atom stereocenters. The minimum atomic E-state index is -4.38. The van der Waals surface area contributed by atoms with Gasteiger partial charge >= 0.3 is 6.18 Å². The van der Waals surface area contributed by atoms with E-state index in [1.165, 1.54) is 12.1 Å². The van der Waals surface area contributed by atoms with Crippen LogP contribution in [0, 0.1) is 0 Å². The number of benzene rings is 1. The number of aliphatic hydroxyl groups excluding tert-OH is 1. The maximum absolute atomic E-state index is 12.1. The highest BCUT2D eigenvalue weighted by Crippen LogP contribution is 2.31. The third kappa shape index (κ3) is 2.62. The maximum Gasteiger partial charge on any atom is 0.416 e. The van der Waals surface area contributed by atoms with Crippen LogP contribution in [-0.2, 0) is 6.18 Å². The molecule has 0 saturated heterocycles. The van der Waals surface area contributed by atoms with Crippen LogP contribution in [0.5, 0.6) is 5.75 Å². The van der Waals surface area contributed by atoms with E-state index < -0.39 is 18.5 Å². The quantitative estimate of drug-likeness (QED) is 0.726. The van der Waals surface area contributed by atoms with Crippen molar-refractivity contribution < 1.29 is 23.0 Å². The largest absolute Gasteiger partial charge is 0.468 e. The lowest BCUT2D eigenvalue weighted by atomic mass is 10.2. The lowest BCUT2D eigenvalue weighted by molar-refractivity contribution is -0.137. The van der Waals surface area contributed by atoms with Gasteiger partial charge in [-0.3, -0.25) is 0 Å². The van der Waals surface area contributed by atoms with Gasteiger partial charge in [0.25, 0.3) is 0 Å². The van der Waals surface area contributed by atoms with Crippen molar-refractivity contribution in [3.05, 3.63) is 29.8 Å². The molecule has 0 saturated carbocycles. The second-order valence-corrected chi connectivity index (χ2v) is 2.30. The number of hydrogen-bond donors (Lipinski definition) is 1. The monoisotopic (exact) mass is 192 g/mol. The fourth-order valence-corrected chi connectivity index (χ4v) is 0.837. The predicted molar refractivity (Wildman–Crippen MR) is 39.2 cm³/mol. The molecule has 0 heterocycles. The molecular formula is C8H7F3O2. The fraction of sp³-hybridized carbons (Fsp3) is 0.250. The minimum absolute atomic E-state index is 0.00248. The number of alkyl halides is 3. The molecule has 0 aliphatic heterocycles. The van der Waals surface area contributed by atoms with E-state index in [2.05, 4.69) is 4.74 Å². The summed E-state index contributed by atoms with van der Waals surface area (Å²) in [5.41, 5.74) is -0.793. The summed E-state index contributed by atoms with van der Waals surface area (Å²) in [7, 11) is 0. The Labute approximate surface area is 72.6 Å². The van der Waals surface area contributed by atoms with Gasteiger partial charge in [-0.05, 0) is 18.2 Å². The van der Waals surface area contributed by atoms with Gasteiger partial charge in [0, 0.05) is 0 Å². The molecule has 1 aromatic carbocycles. The van der Waals surface area contributed by atoms with Crippen molar-refractivity contribution >= 4 is 0 Å². The summed E-state index contributed by atoms with van der Waals surface area (Å²) in [6.45, 7) is -0.638. The zero-order chi connectivity index (χ0) is 9.90. The predicted octanol–water partition coefficient (Wildman–Crippen LogP) is 2.03. The smallest absolute Gasteiger partial charge is 0.416 e. The van der Waals surface area contributed by atoms with Crippen LogP contribution in [-0.4, -0.2) is 11.9 Å². The number of aliphatic hydroxyl groups is 1. The Kier molecular flexibility index (Phi) is 2.77. The molecule has 0 amide bonds. The number of ether oxygens (including phenoxy) is 1. The van der Waals surface area contributed by atoms with Crippen LogP contribution in [0.4, 0.5) is 13.2 Å². The SMILES string of the molecule is OCOc1cccc(C(F)(F)F)c1. The first-order valence-electron chi connectivity index (χ1n) is 3.45. The van der Waals surface area contributed by atoms with Gasteiger partial charge in [0.15, 0.2) is 6.79 Å². The van der Waals surface area contributed by atoms with Gasteiger partial charge in [-0.15, -0.1) is 0 Å². The fourth-order valence-electron chi connectivity index (χ4n) is 0.837. The maximum atomic E-state index is 12.1. The second-order valence-electron chi connectivity index (χ2n) is 2.30. The van der Waals surface area contributed by atoms with Crippen LogP contribution < -0.4 is 4.74 Å². The van der Waals surface area contributed by atoms with Crippen molar-refractivity contribution in [2.45, 2.75) is 6.18 Å². The molecule has 72 valence electrons. The first-order chi connectivity index (χ1) is 6.04. The average Bonchev–Trinajstić information content (AvgIpc) is 2.04. The second kappa shape index (κ2) is 3.66. The molecule has 0 spiro atoms. The van der Waals surface area contributed by atoms with Crippen molar-refractivity contribution in [1.29, 1.82) is 0 Å². The van der Waals surface area contributed by atoms with Crippen LogP contribution in [0.15, 0.2) is 24.3 Å². The van der Waals surface area contributed by atoms with E-state index in [0.29, 0.717) is 0 Å². The molecule has 0 bridgehead atoms. The Morgan fingerprint density at radius 2 is 2.00 bits per heavy atom. The van der Waals surface area contributed by atoms with Crippen LogP contribution in [0.1, 0.15) is 5.56 Å². The lowest BCUT2D eigenvalue weighted by Gasteiger charge is -2.08. The summed E-state index contributed by atoms with van der Waals surface area (Å²) in [4.78, 5) is 0. The molecule has 0 fully saturated rings. The first-order valence-corrected chi connectivity index (χ1v) is 3.45. The zero-order valence-corrected chi connectivity index (χ0v) is 6.51. The average molecular weight is 192 g/mol. The molecular weight excluding hydrogens is 185 g/mol. The zero-order valence-electron chi connectivity index (χ0n) is 6.51. The van der Waals surface area contributed by atoms with Crippen LogP contribution in [0.3, 0.4) is 0 Å². The molecule has 2 nitrogen and oxygen atoms in total. The van der Waals surface area contributed by atoms with Crippen LogP contribution in [0.25, 0.3) is 0 Å². The lowest BCUT2D eigenvalue weighted by Crippen LogP contribution is -2.05. The van der Waals surface area contributed by atoms with E-state index in [1.807, 2.05) is 0 Å². The van der Waals surface area contributed by atoms with E-state index in [1.54, 1.807) is 0 Å². The number of rotatable bonds is 2. The van der Waals surface area contributed by atoms with E-state index >= 15 is 0 Å². The molecule has 1 aromatic rings. The Bertz CT molecular complexity index is 283. The highest BCUT2D eigenvalue weighted by atomic mass is 19.4. The summed E-state index contributed by atoms with van der Waals surface area (Å²) < 4.78 is 40.8.